The summed E-state index contributed by atoms with van der Waals surface area (Å²) in [5.74, 6) is -0.848. The first kappa shape index (κ1) is 10.4. The Kier molecular flexibility index (Phi) is 3.25. The summed E-state index contributed by atoms with van der Waals surface area (Å²) in [6, 6.07) is 0. The Morgan fingerprint density at radius 3 is 2.69 bits per heavy atom. The number of carbonyl (C=O) groups is 1. The molecule has 0 bridgehead atoms. The second kappa shape index (κ2) is 4.05. The van der Waals surface area contributed by atoms with Gasteiger partial charge in [-0.15, -0.1) is 0 Å². The normalized spacial score (nSPS) is 24.1. The number of halogens is 1. The van der Waals surface area contributed by atoms with E-state index in [4.69, 9.17) is 9.47 Å². The van der Waals surface area contributed by atoms with Crippen molar-refractivity contribution in [3.8, 4) is 0 Å². The lowest BCUT2D eigenvalue weighted by molar-refractivity contribution is -0.196. The summed E-state index contributed by atoms with van der Waals surface area (Å²) in [6.45, 7) is 2.95. The SMILES string of the molecule is CC(C)(F)C(=O)OC1CCCCO1. The van der Waals surface area contributed by atoms with E-state index in [-0.39, 0.29) is 0 Å². The maximum Gasteiger partial charge on any atom is 0.345 e. The molecular formula is C9H15FO3. The molecule has 1 saturated heterocycles. The first-order chi connectivity index (χ1) is 6.00. The minimum atomic E-state index is -1.93. The molecule has 76 valence electrons. The Balaban J connectivity index is 2.35. The fourth-order valence-electron chi connectivity index (χ4n) is 1.06. The molecule has 1 rings (SSSR count). The largest absolute Gasteiger partial charge is 0.433 e. The maximum atomic E-state index is 13.0. The van der Waals surface area contributed by atoms with Crippen LogP contribution in [-0.4, -0.2) is 24.5 Å². The van der Waals surface area contributed by atoms with Crippen molar-refractivity contribution in [2.75, 3.05) is 6.61 Å². The van der Waals surface area contributed by atoms with Gasteiger partial charge in [-0.2, -0.15) is 0 Å². The molecule has 1 fully saturated rings. The summed E-state index contributed by atoms with van der Waals surface area (Å²) >= 11 is 0. The molecular weight excluding hydrogens is 175 g/mol. The number of hydrogen-bond donors (Lipinski definition) is 0. The van der Waals surface area contributed by atoms with Gasteiger partial charge in [0.2, 0.25) is 12.0 Å². The van der Waals surface area contributed by atoms with E-state index < -0.39 is 17.9 Å². The molecule has 1 aliphatic rings. The molecule has 0 spiro atoms. The Hall–Kier alpha value is -0.640. The van der Waals surface area contributed by atoms with E-state index >= 15 is 0 Å². The van der Waals surface area contributed by atoms with Crippen molar-refractivity contribution in [3.05, 3.63) is 0 Å². The van der Waals surface area contributed by atoms with Gasteiger partial charge in [-0.05, 0) is 26.7 Å². The van der Waals surface area contributed by atoms with Gasteiger partial charge < -0.3 is 9.47 Å². The molecule has 0 aromatic carbocycles. The molecule has 0 N–H and O–H groups in total. The Morgan fingerprint density at radius 1 is 1.54 bits per heavy atom. The summed E-state index contributed by atoms with van der Waals surface area (Å²) in [6.07, 6.45) is 2.07. The lowest BCUT2D eigenvalue weighted by atomic mass is 10.2. The molecule has 1 aliphatic heterocycles. The number of esters is 1. The third-order valence-electron chi connectivity index (χ3n) is 1.86. The number of alkyl halides is 1. The molecule has 0 amide bonds. The fraction of sp³-hybridized carbons (Fsp3) is 0.889. The van der Waals surface area contributed by atoms with Crippen molar-refractivity contribution in [3.63, 3.8) is 0 Å². The van der Waals surface area contributed by atoms with Gasteiger partial charge in [0.1, 0.15) is 0 Å². The summed E-state index contributed by atoms with van der Waals surface area (Å²) in [7, 11) is 0. The van der Waals surface area contributed by atoms with Crippen LogP contribution in [0.4, 0.5) is 4.39 Å². The van der Waals surface area contributed by atoms with E-state index in [2.05, 4.69) is 0 Å². The van der Waals surface area contributed by atoms with Crippen LogP contribution in [0.15, 0.2) is 0 Å². The van der Waals surface area contributed by atoms with Gasteiger partial charge in [0.15, 0.2) is 0 Å². The van der Waals surface area contributed by atoms with E-state index in [0.717, 1.165) is 12.8 Å². The van der Waals surface area contributed by atoms with E-state index in [1.807, 2.05) is 0 Å². The third kappa shape index (κ3) is 3.30. The van der Waals surface area contributed by atoms with Crippen molar-refractivity contribution in [1.82, 2.24) is 0 Å². The zero-order chi connectivity index (χ0) is 9.90. The predicted molar refractivity (Wildman–Crippen MR) is 44.9 cm³/mol. The van der Waals surface area contributed by atoms with Crippen molar-refractivity contribution in [2.45, 2.75) is 45.1 Å². The fourth-order valence-corrected chi connectivity index (χ4v) is 1.06. The van der Waals surface area contributed by atoms with Crippen LogP contribution in [-0.2, 0) is 14.3 Å². The Morgan fingerprint density at radius 2 is 2.23 bits per heavy atom. The molecule has 3 nitrogen and oxygen atoms in total. The summed E-state index contributed by atoms with van der Waals surface area (Å²) in [4.78, 5) is 11.1. The van der Waals surface area contributed by atoms with E-state index in [1.54, 1.807) is 0 Å². The van der Waals surface area contributed by atoms with Gasteiger partial charge in [0, 0.05) is 6.42 Å². The van der Waals surface area contributed by atoms with Gasteiger partial charge >= 0.3 is 5.97 Å². The highest BCUT2D eigenvalue weighted by Gasteiger charge is 2.31. The van der Waals surface area contributed by atoms with Crippen LogP contribution in [0.25, 0.3) is 0 Å². The second-order valence-corrected chi connectivity index (χ2v) is 3.67. The zero-order valence-corrected chi connectivity index (χ0v) is 8.01. The van der Waals surface area contributed by atoms with Crippen LogP contribution in [0.2, 0.25) is 0 Å². The molecule has 13 heavy (non-hydrogen) atoms. The highest BCUT2D eigenvalue weighted by Crippen LogP contribution is 2.18. The monoisotopic (exact) mass is 190 g/mol. The minimum absolute atomic E-state index is 0.545. The van der Waals surface area contributed by atoms with Crippen LogP contribution in [0.3, 0.4) is 0 Å². The Labute approximate surface area is 77.2 Å². The third-order valence-corrected chi connectivity index (χ3v) is 1.86. The average molecular weight is 190 g/mol. The quantitative estimate of drug-likeness (QED) is 0.623. The molecule has 0 aromatic heterocycles. The van der Waals surface area contributed by atoms with Gasteiger partial charge in [-0.25, -0.2) is 9.18 Å². The lowest BCUT2D eigenvalue weighted by Crippen LogP contribution is -2.34. The zero-order valence-electron chi connectivity index (χ0n) is 8.01. The highest BCUT2D eigenvalue weighted by molar-refractivity contribution is 5.78. The van der Waals surface area contributed by atoms with Gasteiger partial charge in [0.25, 0.3) is 0 Å². The van der Waals surface area contributed by atoms with Gasteiger partial charge in [0.05, 0.1) is 6.61 Å². The number of hydrogen-bond acceptors (Lipinski definition) is 3. The van der Waals surface area contributed by atoms with E-state index in [9.17, 15) is 9.18 Å². The number of rotatable bonds is 2. The lowest BCUT2D eigenvalue weighted by Gasteiger charge is -2.24. The van der Waals surface area contributed by atoms with E-state index in [0.29, 0.717) is 13.0 Å². The molecule has 0 aliphatic carbocycles. The first-order valence-corrected chi connectivity index (χ1v) is 4.52. The van der Waals surface area contributed by atoms with E-state index in [1.165, 1.54) is 13.8 Å². The maximum absolute atomic E-state index is 13.0. The van der Waals surface area contributed by atoms with Crippen LogP contribution < -0.4 is 0 Å². The smallest absolute Gasteiger partial charge is 0.345 e. The van der Waals surface area contributed by atoms with Crippen molar-refractivity contribution in [1.29, 1.82) is 0 Å². The van der Waals surface area contributed by atoms with Crippen molar-refractivity contribution < 1.29 is 18.7 Å². The Bertz CT molecular complexity index is 180. The summed E-state index contributed by atoms with van der Waals surface area (Å²) in [5.41, 5.74) is -1.93. The molecule has 1 atom stereocenters. The first-order valence-electron chi connectivity index (χ1n) is 4.52. The average Bonchev–Trinajstić information content (AvgIpc) is 2.04. The summed E-state index contributed by atoms with van der Waals surface area (Å²) in [5, 5.41) is 0. The molecule has 0 radical (unpaired) electrons. The molecule has 4 heteroatoms. The number of ether oxygens (including phenoxy) is 2. The van der Waals surface area contributed by atoms with Crippen LogP contribution in [0.5, 0.6) is 0 Å². The standard InChI is InChI=1S/C9H15FO3/c1-9(2,10)8(11)13-7-5-3-4-6-12-7/h7H,3-6H2,1-2H3. The van der Waals surface area contributed by atoms with Crippen LogP contribution >= 0.6 is 0 Å². The minimum Gasteiger partial charge on any atom is -0.433 e. The van der Waals surface area contributed by atoms with Gasteiger partial charge in [-0.3, -0.25) is 0 Å². The van der Waals surface area contributed by atoms with Crippen molar-refractivity contribution in [2.24, 2.45) is 0 Å². The van der Waals surface area contributed by atoms with Gasteiger partial charge in [-0.1, -0.05) is 0 Å². The molecule has 1 unspecified atom stereocenters. The topological polar surface area (TPSA) is 35.5 Å². The molecule has 0 saturated carbocycles. The molecule has 0 aromatic rings. The van der Waals surface area contributed by atoms with Crippen LogP contribution in [0.1, 0.15) is 33.1 Å². The predicted octanol–water partition coefficient (Wildman–Crippen LogP) is 1.80. The number of carbonyl (C=O) groups excluding carboxylic acids is 1. The highest BCUT2D eigenvalue weighted by atomic mass is 19.1. The van der Waals surface area contributed by atoms with Crippen molar-refractivity contribution >= 4 is 5.97 Å². The van der Waals surface area contributed by atoms with Crippen LogP contribution in [0, 0.1) is 0 Å². The molecule has 1 heterocycles. The second-order valence-electron chi connectivity index (χ2n) is 3.67. The summed E-state index contributed by atoms with van der Waals surface area (Å²) < 4.78 is 23.0.